The number of benzene rings is 1. The zero-order valence-electron chi connectivity index (χ0n) is 19.4. The average Bonchev–Trinajstić information content (AvgIpc) is 3.31. The molecule has 3 N–H and O–H groups in total. The molecule has 0 atom stereocenters. The van der Waals surface area contributed by atoms with Gasteiger partial charge in [-0.25, -0.2) is 4.79 Å². The number of amides is 2. The van der Waals surface area contributed by atoms with Crippen molar-refractivity contribution < 1.29 is 23.9 Å². The van der Waals surface area contributed by atoms with Gasteiger partial charge in [0.1, 0.15) is 10.8 Å². The molecular formula is C22H25N5O5S2. The summed E-state index contributed by atoms with van der Waals surface area (Å²) in [5.41, 5.74) is 6.76. The molecule has 1 aromatic carbocycles. The standard InChI is InChI=1S/C22H25N5O5S2/c1-11(2)32-21(30)16-12(3)17(18(23)29)34-20(16)24-15(28)10-33-22-26-25-19(27(22)4)13-7-6-8-14(9-13)31-5/h6-9,11H,10H2,1-5H3,(H2,23,29)(H,24,28). The number of thioether (sulfide) groups is 1. The van der Waals surface area contributed by atoms with Crippen LogP contribution in [0.1, 0.15) is 39.4 Å². The highest BCUT2D eigenvalue weighted by molar-refractivity contribution is 7.99. The third-order valence-corrected chi connectivity index (χ3v) is 6.91. The maximum Gasteiger partial charge on any atom is 0.341 e. The smallest absolute Gasteiger partial charge is 0.341 e. The van der Waals surface area contributed by atoms with Crippen molar-refractivity contribution in [2.75, 3.05) is 18.2 Å². The van der Waals surface area contributed by atoms with Gasteiger partial charge in [0.05, 0.1) is 29.4 Å². The fourth-order valence-electron chi connectivity index (χ4n) is 3.10. The molecule has 0 radical (unpaired) electrons. The molecule has 3 rings (SSSR count). The number of nitrogens with zero attached hydrogens (tertiary/aromatic N) is 3. The minimum Gasteiger partial charge on any atom is -0.497 e. The summed E-state index contributed by atoms with van der Waals surface area (Å²) in [6.07, 6.45) is -0.363. The largest absolute Gasteiger partial charge is 0.497 e. The van der Waals surface area contributed by atoms with Crippen LogP contribution in [0.3, 0.4) is 0 Å². The van der Waals surface area contributed by atoms with Crippen molar-refractivity contribution in [1.29, 1.82) is 0 Å². The summed E-state index contributed by atoms with van der Waals surface area (Å²) in [7, 11) is 3.39. The van der Waals surface area contributed by atoms with Crippen LogP contribution in [0.5, 0.6) is 5.75 Å². The minimum absolute atomic E-state index is 0.00556. The molecule has 0 aliphatic carbocycles. The van der Waals surface area contributed by atoms with E-state index in [0.29, 0.717) is 22.3 Å². The Labute approximate surface area is 204 Å². The molecule has 34 heavy (non-hydrogen) atoms. The first-order valence-corrected chi connectivity index (χ1v) is 12.0. The number of hydrogen-bond acceptors (Lipinski definition) is 9. The van der Waals surface area contributed by atoms with E-state index in [1.807, 2.05) is 24.3 Å². The van der Waals surface area contributed by atoms with Gasteiger partial charge in [-0.15, -0.1) is 21.5 Å². The molecule has 0 aliphatic heterocycles. The Balaban J connectivity index is 1.74. The highest BCUT2D eigenvalue weighted by Crippen LogP contribution is 2.34. The summed E-state index contributed by atoms with van der Waals surface area (Å²) >= 11 is 2.13. The summed E-state index contributed by atoms with van der Waals surface area (Å²) in [5.74, 6) is -0.365. The van der Waals surface area contributed by atoms with Crippen molar-refractivity contribution in [2.24, 2.45) is 12.8 Å². The molecule has 0 fully saturated rings. The Kier molecular flexibility index (Phi) is 7.94. The number of primary amides is 1. The minimum atomic E-state index is -0.680. The van der Waals surface area contributed by atoms with Gasteiger partial charge in [-0.3, -0.25) is 9.59 Å². The molecule has 0 saturated heterocycles. The van der Waals surface area contributed by atoms with Crippen molar-refractivity contribution in [3.8, 4) is 17.1 Å². The van der Waals surface area contributed by atoms with Crippen LogP contribution in [-0.2, 0) is 16.6 Å². The molecule has 3 aromatic rings. The zero-order chi connectivity index (χ0) is 25.0. The maximum atomic E-state index is 12.7. The van der Waals surface area contributed by atoms with Gasteiger partial charge in [-0.05, 0) is 38.5 Å². The van der Waals surface area contributed by atoms with E-state index < -0.39 is 11.9 Å². The number of nitrogens with one attached hydrogen (secondary N) is 1. The fourth-order valence-corrected chi connectivity index (χ4v) is 4.88. The van der Waals surface area contributed by atoms with Gasteiger partial charge in [0, 0.05) is 12.6 Å². The predicted molar refractivity (Wildman–Crippen MR) is 130 cm³/mol. The van der Waals surface area contributed by atoms with Crippen LogP contribution in [0, 0.1) is 6.92 Å². The topological polar surface area (TPSA) is 138 Å². The summed E-state index contributed by atoms with van der Waals surface area (Å²) < 4.78 is 12.3. The van der Waals surface area contributed by atoms with Gasteiger partial charge in [0.2, 0.25) is 5.91 Å². The van der Waals surface area contributed by atoms with Gasteiger partial charge >= 0.3 is 5.97 Å². The number of methoxy groups -OCH3 is 1. The third-order valence-electron chi connectivity index (χ3n) is 4.67. The first kappa shape index (κ1) is 25.2. The lowest BCUT2D eigenvalue weighted by atomic mass is 10.1. The number of rotatable bonds is 9. The number of hydrogen-bond donors (Lipinski definition) is 2. The molecular weight excluding hydrogens is 478 g/mol. The van der Waals surface area contributed by atoms with Crippen LogP contribution >= 0.6 is 23.1 Å². The Morgan fingerprint density at radius 2 is 2.00 bits per heavy atom. The molecule has 10 nitrogen and oxygen atoms in total. The Hall–Kier alpha value is -3.38. The molecule has 0 bridgehead atoms. The van der Waals surface area contributed by atoms with Crippen molar-refractivity contribution in [1.82, 2.24) is 14.8 Å². The van der Waals surface area contributed by atoms with E-state index in [1.165, 1.54) is 11.8 Å². The second-order valence-corrected chi connectivity index (χ2v) is 9.48. The molecule has 2 amide bonds. The molecule has 2 heterocycles. The van der Waals surface area contributed by atoms with Crippen molar-refractivity contribution in [3.63, 3.8) is 0 Å². The lowest BCUT2D eigenvalue weighted by molar-refractivity contribution is -0.113. The summed E-state index contributed by atoms with van der Waals surface area (Å²) in [4.78, 5) is 37.2. The molecule has 12 heteroatoms. The van der Waals surface area contributed by atoms with Crippen LogP contribution in [0.4, 0.5) is 5.00 Å². The predicted octanol–water partition coefficient (Wildman–Crippen LogP) is 3.26. The molecule has 2 aromatic heterocycles. The van der Waals surface area contributed by atoms with E-state index in [-0.39, 0.29) is 33.2 Å². The number of ether oxygens (including phenoxy) is 2. The van der Waals surface area contributed by atoms with Gasteiger partial charge in [-0.2, -0.15) is 0 Å². The Morgan fingerprint density at radius 3 is 2.65 bits per heavy atom. The van der Waals surface area contributed by atoms with E-state index in [1.54, 1.807) is 39.5 Å². The summed E-state index contributed by atoms with van der Waals surface area (Å²) in [5, 5.41) is 11.8. The van der Waals surface area contributed by atoms with E-state index in [9.17, 15) is 14.4 Å². The van der Waals surface area contributed by atoms with E-state index in [2.05, 4.69) is 15.5 Å². The average molecular weight is 504 g/mol. The lowest BCUT2D eigenvalue weighted by Gasteiger charge is -2.10. The van der Waals surface area contributed by atoms with Gasteiger partial charge in [0.25, 0.3) is 5.91 Å². The van der Waals surface area contributed by atoms with Gasteiger partial charge in [-0.1, -0.05) is 23.9 Å². The zero-order valence-corrected chi connectivity index (χ0v) is 21.0. The van der Waals surface area contributed by atoms with E-state index in [0.717, 1.165) is 16.9 Å². The SMILES string of the molecule is COc1cccc(-c2nnc(SCC(=O)Nc3sc(C(N)=O)c(C)c3C(=O)OC(C)C)n2C)c1. The van der Waals surface area contributed by atoms with Crippen LogP contribution in [-0.4, -0.2) is 51.5 Å². The lowest BCUT2D eigenvalue weighted by Crippen LogP contribution is -2.18. The van der Waals surface area contributed by atoms with Crippen LogP contribution in [0.15, 0.2) is 29.4 Å². The first-order valence-electron chi connectivity index (χ1n) is 10.2. The number of anilines is 1. The maximum absolute atomic E-state index is 12.7. The number of carbonyl (C=O) groups is 3. The number of aromatic nitrogens is 3. The van der Waals surface area contributed by atoms with Crippen LogP contribution in [0.2, 0.25) is 0 Å². The highest BCUT2D eigenvalue weighted by atomic mass is 32.2. The van der Waals surface area contributed by atoms with E-state index >= 15 is 0 Å². The Morgan fingerprint density at radius 1 is 1.26 bits per heavy atom. The molecule has 0 unspecified atom stereocenters. The van der Waals surface area contributed by atoms with Crippen LogP contribution < -0.4 is 15.8 Å². The number of nitrogens with two attached hydrogens (primary N) is 1. The van der Waals surface area contributed by atoms with Crippen molar-refractivity contribution in [3.05, 3.63) is 40.3 Å². The second kappa shape index (κ2) is 10.7. The first-order chi connectivity index (χ1) is 16.1. The number of thiophene rings is 1. The molecule has 180 valence electrons. The Bertz CT molecular complexity index is 1230. The third kappa shape index (κ3) is 5.57. The van der Waals surface area contributed by atoms with Gasteiger partial charge in [0.15, 0.2) is 11.0 Å². The van der Waals surface area contributed by atoms with Gasteiger partial charge < -0.3 is 25.1 Å². The van der Waals surface area contributed by atoms with Crippen molar-refractivity contribution >= 4 is 45.9 Å². The molecule has 0 saturated carbocycles. The molecule has 0 aliphatic rings. The summed E-state index contributed by atoms with van der Waals surface area (Å²) in [6.45, 7) is 5.02. The molecule has 0 spiro atoms. The number of carbonyl (C=O) groups excluding carboxylic acids is 3. The second-order valence-electron chi connectivity index (χ2n) is 7.51. The monoisotopic (exact) mass is 503 g/mol. The normalized spacial score (nSPS) is 10.9. The van der Waals surface area contributed by atoms with E-state index in [4.69, 9.17) is 15.2 Å². The highest BCUT2D eigenvalue weighted by Gasteiger charge is 2.26. The fraction of sp³-hybridized carbons (Fsp3) is 0.318. The van der Waals surface area contributed by atoms with Crippen molar-refractivity contribution in [2.45, 2.75) is 32.0 Å². The summed E-state index contributed by atoms with van der Waals surface area (Å²) in [6, 6.07) is 7.43. The van der Waals surface area contributed by atoms with Crippen LogP contribution in [0.25, 0.3) is 11.4 Å². The number of esters is 1. The quantitative estimate of drug-likeness (QED) is 0.335.